The van der Waals surface area contributed by atoms with Crippen LogP contribution in [0.1, 0.15) is 30.0 Å². The number of piperazine rings is 1. The molecular weight excluding hydrogens is 308 g/mol. The smallest absolute Gasteiger partial charge is 0.169 e. The maximum Gasteiger partial charge on any atom is 0.169 e. The van der Waals surface area contributed by atoms with Crippen LogP contribution >= 0.6 is 0 Å². The fourth-order valence-corrected chi connectivity index (χ4v) is 3.03. The minimum atomic E-state index is 0.815. The normalized spacial score (nSPS) is 17.4. The lowest BCUT2D eigenvalue weighted by Crippen LogP contribution is -2.49. The van der Waals surface area contributed by atoms with E-state index in [2.05, 4.69) is 67.8 Å². The molecule has 0 atom stereocenters. The zero-order chi connectivity index (χ0) is 17.6. The van der Waals surface area contributed by atoms with Gasteiger partial charge >= 0.3 is 0 Å². The van der Waals surface area contributed by atoms with Gasteiger partial charge in [0.1, 0.15) is 0 Å². The van der Waals surface area contributed by atoms with E-state index in [9.17, 15) is 0 Å². The van der Waals surface area contributed by atoms with Crippen LogP contribution in [0.5, 0.6) is 0 Å². The summed E-state index contributed by atoms with van der Waals surface area (Å²) >= 11 is 0. The SMILES string of the molecule is CCCc1ccccc1/N=C1\NCCN\C1=N\c1c(C)cccc1C. The summed E-state index contributed by atoms with van der Waals surface area (Å²) in [6.07, 6.45) is 2.14. The number of hydrogen-bond donors (Lipinski definition) is 2. The van der Waals surface area contributed by atoms with Crippen LogP contribution in [0.2, 0.25) is 0 Å². The number of nitrogens with one attached hydrogen (secondary N) is 2. The van der Waals surface area contributed by atoms with E-state index in [0.29, 0.717) is 0 Å². The predicted octanol–water partition coefficient (Wildman–Crippen LogP) is 4.21. The highest BCUT2D eigenvalue weighted by molar-refractivity contribution is 6.41. The topological polar surface area (TPSA) is 48.8 Å². The number of benzene rings is 2. The zero-order valence-electron chi connectivity index (χ0n) is 15.3. The molecule has 4 heteroatoms. The fraction of sp³-hybridized carbons (Fsp3) is 0.333. The Bertz CT molecular complexity index is 785. The Hall–Kier alpha value is -2.62. The van der Waals surface area contributed by atoms with Gasteiger partial charge in [0, 0.05) is 13.1 Å². The van der Waals surface area contributed by atoms with Gasteiger partial charge in [0.05, 0.1) is 11.4 Å². The molecule has 4 nitrogen and oxygen atoms in total. The van der Waals surface area contributed by atoms with E-state index in [1.807, 2.05) is 6.07 Å². The number of nitrogens with zero attached hydrogens (tertiary/aromatic N) is 2. The first-order valence-electron chi connectivity index (χ1n) is 8.98. The first kappa shape index (κ1) is 17.2. The number of hydrogen-bond acceptors (Lipinski definition) is 2. The van der Waals surface area contributed by atoms with Crippen LogP contribution in [0.4, 0.5) is 11.4 Å². The Kier molecular flexibility index (Phi) is 5.49. The first-order chi connectivity index (χ1) is 12.2. The minimum absolute atomic E-state index is 0.815. The van der Waals surface area contributed by atoms with E-state index in [4.69, 9.17) is 9.98 Å². The molecule has 1 fully saturated rings. The molecule has 1 heterocycles. The summed E-state index contributed by atoms with van der Waals surface area (Å²) in [4.78, 5) is 9.77. The van der Waals surface area contributed by atoms with E-state index in [0.717, 1.165) is 49.0 Å². The average molecular weight is 334 g/mol. The first-order valence-corrected chi connectivity index (χ1v) is 8.98. The van der Waals surface area contributed by atoms with E-state index >= 15 is 0 Å². The summed E-state index contributed by atoms with van der Waals surface area (Å²) in [6.45, 7) is 8.07. The molecule has 0 aliphatic carbocycles. The molecule has 1 aliphatic heterocycles. The summed E-state index contributed by atoms with van der Waals surface area (Å²) in [5, 5.41) is 6.80. The molecule has 0 spiro atoms. The minimum Gasteiger partial charge on any atom is -0.365 e. The number of aryl methyl sites for hydroxylation is 3. The van der Waals surface area contributed by atoms with Gasteiger partial charge in [0.2, 0.25) is 0 Å². The number of amidine groups is 2. The maximum absolute atomic E-state index is 4.89. The lowest BCUT2D eigenvalue weighted by atomic mass is 10.1. The molecule has 0 aromatic heterocycles. The molecule has 3 rings (SSSR count). The van der Waals surface area contributed by atoms with Crippen molar-refractivity contribution in [2.45, 2.75) is 33.6 Å². The molecule has 0 radical (unpaired) electrons. The van der Waals surface area contributed by atoms with Gasteiger partial charge in [-0.1, -0.05) is 49.7 Å². The van der Waals surface area contributed by atoms with Gasteiger partial charge in [0.15, 0.2) is 11.7 Å². The molecule has 0 saturated carbocycles. The molecule has 1 aliphatic rings. The highest BCUT2D eigenvalue weighted by atomic mass is 15.2. The summed E-state index contributed by atoms with van der Waals surface area (Å²) < 4.78 is 0. The maximum atomic E-state index is 4.89. The monoisotopic (exact) mass is 334 g/mol. The highest BCUT2D eigenvalue weighted by Crippen LogP contribution is 2.24. The molecule has 25 heavy (non-hydrogen) atoms. The van der Waals surface area contributed by atoms with E-state index in [1.165, 1.54) is 16.7 Å². The van der Waals surface area contributed by atoms with Gasteiger partial charge < -0.3 is 10.6 Å². The number of rotatable bonds is 4. The van der Waals surface area contributed by atoms with E-state index in [1.54, 1.807) is 0 Å². The predicted molar refractivity (Wildman–Crippen MR) is 107 cm³/mol. The second-order valence-corrected chi connectivity index (χ2v) is 6.39. The third-order valence-electron chi connectivity index (χ3n) is 4.34. The third kappa shape index (κ3) is 4.08. The van der Waals surface area contributed by atoms with Crippen molar-refractivity contribution in [1.82, 2.24) is 10.6 Å². The molecule has 0 unspecified atom stereocenters. The van der Waals surface area contributed by atoms with Crippen molar-refractivity contribution in [1.29, 1.82) is 0 Å². The number of para-hydroxylation sites is 2. The number of aliphatic imine (C=N–C) groups is 2. The van der Waals surface area contributed by atoms with Crippen LogP contribution in [0.15, 0.2) is 52.4 Å². The second-order valence-electron chi connectivity index (χ2n) is 6.39. The molecule has 0 bridgehead atoms. The van der Waals surface area contributed by atoms with Gasteiger partial charge in [-0.2, -0.15) is 0 Å². The molecule has 1 saturated heterocycles. The van der Waals surface area contributed by atoms with Crippen LogP contribution in [0, 0.1) is 13.8 Å². The molecule has 130 valence electrons. The molecule has 2 N–H and O–H groups in total. The van der Waals surface area contributed by atoms with Gasteiger partial charge in [-0.3, -0.25) is 0 Å². The summed E-state index contributed by atoms with van der Waals surface area (Å²) in [6, 6.07) is 14.6. The van der Waals surface area contributed by atoms with Gasteiger partial charge in [-0.05, 0) is 43.0 Å². The molecular formula is C21H26N4. The molecule has 2 aromatic carbocycles. The van der Waals surface area contributed by atoms with Gasteiger partial charge in [-0.15, -0.1) is 0 Å². The summed E-state index contributed by atoms with van der Waals surface area (Å²) in [5.74, 6) is 1.63. The van der Waals surface area contributed by atoms with Crippen molar-refractivity contribution >= 4 is 23.0 Å². The van der Waals surface area contributed by atoms with Crippen LogP contribution in [-0.2, 0) is 6.42 Å². The Morgan fingerprint density at radius 3 is 2.16 bits per heavy atom. The summed E-state index contributed by atoms with van der Waals surface area (Å²) in [5.41, 5.74) is 5.65. The Morgan fingerprint density at radius 1 is 0.840 bits per heavy atom. The lowest BCUT2D eigenvalue weighted by Gasteiger charge is -2.21. The third-order valence-corrected chi connectivity index (χ3v) is 4.34. The van der Waals surface area contributed by atoms with Gasteiger partial charge in [0.25, 0.3) is 0 Å². The van der Waals surface area contributed by atoms with Crippen molar-refractivity contribution in [2.75, 3.05) is 13.1 Å². The lowest BCUT2D eigenvalue weighted by molar-refractivity contribution is 0.786. The quantitative estimate of drug-likeness (QED) is 0.880. The Morgan fingerprint density at radius 2 is 1.48 bits per heavy atom. The molecule has 2 aromatic rings. The van der Waals surface area contributed by atoms with Gasteiger partial charge in [-0.25, -0.2) is 9.98 Å². The van der Waals surface area contributed by atoms with Crippen molar-refractivity contribution in [3.05, 3.63) is 59.2 Å². The summed E-state index contributed by atoms with van der Waals surface area (Å²) in [7, 11) is 0. The van der Waals surface area contributed by atoms with Crippen LogP contribution in [0.25, 0.3) is 0 Å². The Balaban J connectivity index is 2.01. The van der Waals surface area contributed by atoms with Crippen molar-refractivity contribution in [3.63, 3.8) is 0 Å². The second kappa shape index (κ2) is 7.97. The van der Waals surface area contributed by atoms with Crippen LogP contribution in [0.3, 0.4) is 0 Å². The highest BCUT2D eigenvalue weighted by Gasteiger charge is 2.15. The zero-order valence-corrected chi connectivity index (χ0v) is 15.3. The molecule has 0 amide bonds. The average Bonchev–Trinajstić information content (AvgIpc) is 2.61. The largest absolute Gasteiger partial charge is 0.365 e. The van der Waals surface area contributed by atoms with E-state index in [-0.39, 0.29) is 0 Å². The fourth-order valence-electron chi connectivity index (χ4n) is 3.03. The van der Waals surface area contributed by atoms with Crippen molar-refractivity contribution in [3.8, 4) is 0 Å². The van der Waals surface area contributed by atoms with E-state index < -0.39 is 0 Å². The standard InChI is InChI=1S/C21H26N4/c1-4-8-17-11-5-6-12-18(17)24-20-21(23-14-13-22-20)25-19-15(2)9-7-10-16(19)3/h5-7,9-12H,4,8,13-14H2,1-3H3,(H,22,24)(H,23,25). The Labute approximate surface area is 150 Å². The van der Waals surface area contributed by atoms with Crippen LogP contribution in [-0.4, -0.2) is 24.8 Å². The van der Waals surface area contributed by atoms with Crippen molar-refractivity contribution < 1.29 is 0 Å². The van der Waals surface area contributed by atoms with Crippen LogP contribution < -0.4 is 10.6 Å². The van der Waals surface area contributed by atoms with Crippen molar-refractivity contribution in [2.24, 2.45) is 9.98 Å².